The highest BCUT2D eigenvalue weighted by Gasteiger charge is 2.16. The van der Waals surface area contributed by atoms with E-state index in [1.165, 1.54) is 4.90 Å². The van der Waals surface area contributed by atoms with Crippen LogP contribution in [0.15, 0.2) is 41.4 Å². The molecule has 2 rings (SSSR count). The molecule has 1 heterocycles. The van der Waals surface area contributed by atoms with Crippen molar-refractivity contribution >= 4 is 23.4 Å². The third-order valence-electron chi connectivity index (χ3n) is 2.66. The Morgan fingerprint density at radius 3 is 2.78 bits per heavy atom. The first-order valence-corrected chi connectivity index (χ1v) is 7.23. The molecular formula is C13H16ClN3S. The van der Waals surface area contributed by atoms with E-state index in [-0.39, 0.29) is 6.04 Å². The van der Waals surface area contributed by atoms with Crippen LogP contribution in [0.1, 0.15) is 18.7 Å². The van der Waals surface area contributed by atoms with E-state index in [0.29, 0.717) is 5.02 Å². The number of aryl methyl sites for hydroxylation is 1. The van der Waals surface area contributed by atoms with E-state index in [9.17, 15) is 0 Å². The molecule has 0 radical (unpaired) electrons. The molecule has 1 aromatic heterocycles. The van der Waals surface area contributed by atoms with Gasteiger partial charge in [0.1, 0.15) is 0 Å². The Morgan fingerprint density at radius 1 is 1.39 bits per heavy atom. The Morgan fingerprint density at radius 2 is 2.11 bits per heavy atom. The normalized spacial score (nSPS) is 12.6. The predicted molar refractivity (Wildman–Crippen MR) is 77.0 cm³/mol. The van der Waals surface area contributed by atoms with Crippen LogP contribution in [0.4, 0.5) is 0 Å². The molecule has 0 saturated heterocycles. The monoisotopic (exact) mass is 281 g/mol. The first-order valence-electron chi connectivity index (χ1n) is 5.87. The van der Waals surface area contributed by atoms with Crippen molar-refractivity contribution in [1.82, 2.24) is 9.78 Å². The van der Waals surface area contributed by atoms with Crippen molar-refractivity contribution in [2.24, 2.45) is 5.73 Å². The lowest BCUT2D eigenvalue weighted by Crippen LogP contribution is -2.18. The van der Waals surface area contributed by atoms with E-state index in [1.807, 2.05) is 29.8 Å². The molecule has 0 bridgehead atoms. The number of rotatable bonds is 5. The Kier molecular flexibility index (Phi) is 4.69. The van der Waals surface area contributed by atoms with Gasteiger partial charge in [-0.05, 0) is 19.1 Å². The molecule has 1 atom stereocenters. The van der Waals surface area contributed by atoms with E-state index in [0.717, 1.165) is 18.0 Å². The molecule has 5 heteroatoms. The van der Waals surface area contributed by atoms with Crippen LogP contribution in [0, 0.1) is 0 Å². The molecule has 0 spiro atoms. The van der Waals surface area contributed by atoms with Crippen molar-refractivity contribution in [1.29, 1.82) is 0 Å². The van der Waals surface area contributed by atoms with Gasteiger partial charge >= 0.3 is 0 Å². The molecular weight excluding hydrogens is 266 g/mol. The standard InChI is InChI=1S/C13H16ClN3S/c1-2-17-13(11(14)8-16-17)12(15)9-18-10-6-4-3-5-7-10/h3-8,12H,2,9,15H2,1H3. The maximum atomic E-state index is 6.20. The summed E-state index contributed by atoms with van der Waals surface area (Å²) in [5, 5.41) is 4.86. The molecule has 0 aliphatic heterocycles. The summed E-state index contributed by atoms with van der Waals surface area (Å²) < 4.78 is 1.86. The van der Waals surface area contributed by atoms with Crippen LogP contribution >= 0.6 is 23.4 Å². The van der Waals surface area contributed by atoms with Gasteiger partial charge in [0.25, 0.3) is 0 Å². The number of halogens is 1. The van der Waals surface area contributed by atoms with Crippen LogP contribution in [0.3, 0.4) is 0 Å². The van der Waals surface area contributed by atoms with Crippen LogP contribution in [-0.2, 0) is 6.54 Å². The van der Waals surface area contributed by atoms with E-state index in [2.05, 4.69) is 17.2 Å². The zero-order chi connectivity index (χ0) is 13.0. The lowest BCUT2D eigenvalue weighted by atomic mass is 10.2. The summed E-state index contributed by atoms with van der Waals surface area (Å²) in [7, 11) is 0. The second kappa shape index (κ2) is 6.27. The molecule has 1 unspecified atom stereocenters. The van der Waals surface area contributed by atoms with Gasteiger partial charge in [0.2, 0.25) is 0 Å². The summed E-state index contributed by atoms with van der Waals surface area (Å²) in [6.07, 6.45) is 1.66. The number of thioether (sulfide) groups is 1. The fourth-order valence-electron chi connectivity index (χ4n) is 1.77. The minimum atomic E-state index is -0.106. The lowest BCUT2D eigenvalue weighted by molar-refractivity contribution is 0.593. The largest absolute Gasteiger partial charge is 0.322 e. The fraction of sp³-hybridized carbons (Fsp3) is 0.308. The Hall–Kier alpha value is -0.970. The van der Waals surface area contributed by atoms with E-state index in [1.54, 1.807) is 18.0 Å². The summed E-state index contributed by atoms with van der Waals surface area (Å²) >= 11 is 7.86. The Balaban J connectivity index is 2.03. The molecule has 2 aromatic rings. The van der Waals surface area contributed by atoms with Crippen molar-refractivity contribution in [3.05, 3.63) is 47.2 Å². The highest BCUT2D eigenvalue weighted by atomic mass is 35.5. The first-order chi connectivity index (χ1) is 8.72. The Bertz CT molecular complexity index is 498. The summed E-state index contributed by atoms with van der Waals surface area (Å²) in [6.45, 7) is 2.82. The molecule has 0 fully saturated rings. The highest BCUT2D eigenvalue weighted by Crippen LogP contribution is 2.27. The van der Waals surface area contributed by atoms with Crippen LogP contribution in [-0.4, -0.2) is 15.5 Å². The van der Waals surface area contributed by atoms with Gasteiger partial charge in [0.15, 0.2) is 0 Å². The zero-order valence-corrected chi connectivity index (χ0v) is 11.8. The van der Waals surface area contributed by atoms with Gasteiger partial charge in [-0.25, -0.2) is 0 Å². The van der Waals surface area contributed by atoms with Gasteiger partial charge in [-0.1, -0.05) is 29.8 Å². The van der Waals surface area contributed by atoms with Gasteiger partial charge in [0.05, 0.1) is 23.0 Å². The number of nitrogens with two attached hydrogens (primary N) is 1. The molecule has 3 nitrogen and oxygen atoms in total. The number of hydrogen-bond acceptors (Lipinski definition) is 3. The SMILES string of the molecule is CCn1ncc(Cl)c1C(N)CSc1ccccc1. The van der Waals surface area contributed by atoms with Crippen molar-refractivity contribution < 1.29 is 0 Å². The van der Waals surface area contributed by atoms with E-state index >= 15 is 0 Å². The number of hydrogen-bond donors (Lipinski definition) is 1. The quantitative estimate of drug-likeness (QED) is 0.855. The smallest absolute Gasteiger partial charge is 0.0834 e. The number of nitrogens with zero attached hydrogens (tertiary/aromatic N) is 2. The van der Waals surface area contributed by atoms with Gasteiger partial charge in [-0.15, -0.1) is 11.8 Å². The van der Waals surface area contributed by atoms with Gasteiger partial charge < -0.3 is 5.73 Å². The molecule has 0 saturated carbocycles. The predicted octanol–water partition coefficient (Wildman–Crippen LogP) is 3.35. The fourth-order valence-corrected chi connectivity index (χ4v) is 2.93. The first kappa shape index (κ1) is 13.5. The minimum Gasteiger partial charge on any atom is -0.322 e. The average Bonchev–Trinajstić information content (AvgIpc) is 2.78. The summed E-state index contributed by atoms with van der Waals surface area (Å²) in [5.74, 6) is 0.787. The lowest BCUT2D eigenvalue weighted by Gasteiger charge is -2.13. The molecule has 0 aliphatic carbocycles. The molecule has 2 N–H and O–H groups in total. The zero-order valence-electron chi connectivity index (χ0n) is 10.2. The van der Waals surface area contributed by atoms with Crippen LogP contribution in [0.2, 0.25) is 5.02 Å². The minimum absolute atomic E-state index is 0.106. The van der Waals surface area contributed by atoms with Crippen molar-refractivity contribution in [3.63, 3.8) is 0 Å². The maximum absolute atomic E-state index is 6.20. The second-order valence-electron chi connectivity index (χ2n) is 3.92. The molecule has 0 aliphatic rings. The second-order valence-corrected chi connectivity index (χ2v) is 5.42. The summed E-state index contributed by atoms with van der Waals surface area (Å²) in [6, 6.07) is 10.1. The van der Waals surface area contributed by atoms with Gasteiger partial charge in [-0.2, -0.15) is 5.10 Å². The van der Waals surface area contributed by atoms with Gasteiger partial charge in [0, 0.05) is 17.2 Å². The van der Waals surface area contributed by atoms with Crippen LogP contribution in [0.5, 0.6) is 0 Å². The topological polar surface area (TPSA) is 43.8 Å². The molecule has 96 valence electrons. The van der Waals surface area contributed by atoms with Crippen LogP contribution < -0.4 is 5.73 Å². The van der Waals surface area contributed by atoms with E-state index < -0.39 is 0 Å². The average molecular weight is 282 g/mol. The summed E-state index contributed by atoms with van der Waals surface area (Å²) in [5.41, 5.74) is 7.12. The highest BCUT2D eigenvalue weighted by molar-refractivity contribution is 7.99. The van der Waals surface area contributed by atoms with Crippen molar-refractivity contribution in [3.8, 4) is 0 Å². The summed E-state index contributed by atoms with van der Waals surface area (Å²) in [4.78, 5) is 1.21. The third-order valence-corrected chi connectivity index (χ3v) is 4.08. The van der Waals surface area contributed by atoms with Crippen molar-refractivity contribution in [2.75, 3.05) is 5.75 Å². The van der Waals surface area contributed by atoms with Gasteiger partial charge in [-0.3, -0.25) is 4.68 Å². The van der Waals surface area contributed by atoms with E-state index in [4.69, 9.17) is 17.3 Å². The number of aromatic nitrogens is 2. The molecule has 18 heavy (non-hydrogen) atoms. The van der Waals surface area contributed by atoms with Crippen molar-refractivity contribution in [2.45, 2.75) is 24.4 Å². The maximum Gasteiger partial charge on any atom is 0.0834 e. The Labute approximate surface area is 116 Å². The van der Waals surface area contributed by atoms with Crippen LogP contribution in [0.25, 0.3) is 0 Å². The third kappa shape index (κ3) is 3.07. The molecule has 0 amide bonds. The number of benzene rings is 1. The molecule has 1 aromatic carbocycles.